The van der Waals surface area contributed by atoms with E-state index in [9.17, 15) is 20.0 Å². The van der Waals surface area contributed by atoms with E-state index in [4.69, 9.17) is 0 Å². The highest BCUT2D eigenvalue weighted by molar-refractivity contribution is 6.09. The van der Waals surface area contributed by atoms with Crippen LogP contribution in [0.1, 0.15) is 47.2 Å². The number of anilines is 2. The quantitative estimate of drug-likeness (QED) is 0.273. The van der Waals surface area contributed by atoms with Crippen molar-refractivity contribution in [3.05, 3.63) is 93.7 Å². The predicted octanol–water partition coefficient (Wildman–Crippen LogP) is 4.57. The molecule has 0 spiro atoms. The molecule has 8 nitrogen and oxygen atoms in total. The van der Waals surface area contributed by atoms with E-state index in [0.717, 1.165) is 43.6 Å². The lowest BCUT2D eigenvalue weighted by molar-refractivity contribution is -0.384. The molecule has 4 rings (SSSR count). The van der Waals surface area contributed by atoms with E-state index in [2.05, 4.69) is 15.2 Å². The highest BCUT2D eigenvalue weighted by Crippen LogP contribution is 2.28. The molecule has 34 heavy (non-hydrogen) atoms. The summed E-state index contributed by atoms with van der Waals surface area (Å²) in [6.07, 6.45) is 5.83. The standard InChI is InChI=1S/C26H28N4O4/c31-15-13-22-8-4-5-14-29(22)25-12-9-19(18-28-25)17-27-23-11-10-21(16-24(23)30(33)34)26(32)20-6-2-1-3-7-20/h1-3,6-7,9-12,16,18,22,27,31H,4-5,8,13-15,17H2. The van der Waals surface area contributed by atoms with Gasteiger partial charge in [0.1, 0.15) is 11.5 Å². The van der Waals surface area contributed by atoms with Crippen LogP contribution in [0.25, 0.3) is 0 Å². The minimum atomic E-state index is -0.483. The number of benzene rings is 2. The number of rotatable bonds is 9. The van der Waals surface area contributed by atoms with Crippen LogP contribution in [0.4, 0.5) is 17.2 Å². The van der Waals surface area contributed by atoms with E-state index in [1.807, 2.05) is 18.2 Å². The summed E-state index contributed by atoms with van der Waals surface area (Å²) in [5.41, 5.74) is 1.84. The third kappa shape index (κ3) is 5.40. The summed E-state index contributed by atoms with van der Waals surface area (Å²) in [7, 11) is 0. The van der Waals surface area contributed by atoms with E-state index in [1.54, 1.807) is 42.6 Å². The Morgan fingerprint density at radius 2 is 1.94 bits per heavy atom. The maximum Gasteiger partial charge on any atom is 0.293 e. The lowest BCUT2D eigenvalue weighted by Crippen LogP contribution is -2.40. The van der Waals surface area contributed by atoms with Crippen molar-refractivity contribution in [1.82, 2.24) is 4.98 Å². The first-order chi connectivity index (χ1) is 16.6. The molecule has 1 aliphatic heterocycles. The van der Waals surface area contributed by atoms with Crippen LogP contribution in [0.2, 0.25) is 0 Å². The zero-order valence-electron chi connectivity index (χ0n) is 18.9. The third-order valence-electron chi connectivity index (χ3n) is 6.17. The molecule has 1 saturated heterocycles. The Kier molecular flexibility index (Phi) is 7.49. The Morgan fingerprint density at radius 3 is 2.65 bits per heavy atom. The average molecular weight is 461 g/mol. The number of hydrogen-bond donors (Lipinski definition) is 2. The van der Waals surface area contributed by atoms with Gasteiger partial charge in [-0.2, -0.15) is 0 Å². The Balaban J connectivity index is 1.45. The number of pyridine rings is 1. The summed E-state index contributed by atoms with van der Waals surface area (Å²) >= 11 is 0. The minimum Gasteiger partial charge on any atom is -0.396 e. The summed E-state index contributed by atoms with van der Waals surface area (Å²) in [5.74, 6) is 0.629. The van der Waals surface area contributed by atoms with Crippen molar-refractivity contribution in [3.8, 4) is 0 Å². The number of carbonyl (C=O) groups is 1. The first kappa shape index (κ1) is 23.4. The summed E-state index contributed by atoms with van der Waals surface area (Å²) in [6.45, 7) is 1.45. The maximum absolute atomic E-state index is 12.7. The number of ketones is 1. The van der Waals surface area contributed by atoms with Crippen molar-refractivity contribution in [2.24, 2.45) is 0 Å². The molecular formula is C26H28N4O4. The van der Waals surface area contributed by atoms with Crippen LogP contribution in [-0.4, -0.2) is 40.0 Å². The molecule has 176 valence electrons. The third-order valence-corrected chi connectivity index (χ3v) is 6.17. The van der Waals surface area contributed by atoms with Crippen molar-refractivity contribution in [2.75, 3.05) is 23.4 Å². The average Bonchev–Trinajstić information content (AvgIpc) is 2.88. The maximum atomic E-state index is 12.7. The summed E-state index contributed by atoms with van der Waals surface area (Å²) < 4.78 is 0. The summed E-state index contributed by atoms with van der Waals surface area (Å²) in [6, 6.07) is 17.4. The van der Waals surface area contributed by atoms with Gasteiger partial charge in [0.15, 0.2) is 5.78 Å². The number of aromatic nitrogens is 1. The lowest BCUT2D eigenvalue weighted by Gasteiger charge is -2.36. The van der Waals surface area contributed by atoms with Crippen molar-refractivity contribution in [2.45, 2.75) is 38.3 Å². The number of nitro groups is 1. The SMILES string of the molecule is O=C(c1ccccc1)c1ccc(NCc2ccc(N3CCCCC3CCO)nc2)c([N+](=O)[O-])c1. The van der Waals surface area contributed by atoms with Crippen LogP contribution in [0.3, 0.4) is 0 Å². The number of carbonyl (C=O) groups excluding carboxylic acids is 1. The molecule has 2 aromatic carbocycles. The number of nitrogens with one attached hydrogen (secondary N) is 1. The van der Waals surface area contributed by atoms with Gasteiger partial charge in [-0.3, -0.25) is 14.9 Å². The van der Waals surface area contributed by atoms with E-state index < -0.39 is 4.92 Å². The normalized spacial score (nSPS) is 15.7. The summed E-state index contributed by atoms with van der Waals surface area (Å²) in [4.78, 5) is 30.7. The second-order valence-corrected chi connectivity index (χ2v) is 8.42. The highest BCUT2D eigenvalue weighted by atomic mass is 16.6. The monoisotopic (exact) mass is 460 g/mol. The molecule has 8 heteroatoms. The topological polar surface area (TPSA) is 109 Å². The van der Waals surface area contributed by atoms with Crippen LogP contribution in [0.5, 0.6) is 0 Å². The number of aliphatic hydroxyl groups is 1. The fourth-order valence-corrected chi connectivity index (χ4v) is 4.37. The number of aliphatic hydroxyl groups excluding tert-OH is 1. The van der Waals surface area contributed by atoms with E-state index in [1.165, 1.54) is 6.07 Å². The molecular weight excluding hydrogens is 432 g/mol. The van der Waals surface area contributed by atoms with Crippen LogP contribution in [0.15, 0.2) is 66.9 Å². The Labute approximate surface area is 198 Å². The molecule has 1 unspecified atom stereocenters. The predicted molar refractivity (Wildman–Crippen MR) is 131 cm³/mol. The zero-order valence-corrected chi connectivity index (χ0v) is 18.9. The molecule has 0 aliphatic carbocycles. The molecule has 1 atom stereocenters. The largest absolute Gasteiger partial charge is 0.396 e. The van der Waals surface area contributed by atoms with Crippen LogP contribution < -0.4 is 10.2 Å². The molecule has 2 N–H and O–H groups in total. The molecule has 0 amide bonds. The van der Waals surface area contributed by atoms with Gasteiger partial charge in [0.2, 0.25) is 0 Å². The van der Waals surface area contributed by atoms with Gasteiger partial charge in [0.05, 0.1) is 4.92 Å². The van der Waals surface area contributed by atoms with Crippen LogP contribution >= 0.6 is 0 Å². The number of hydrogen-bond acceptors (Lipinski definition) is 7. The molecule has 3 aromatic rings. The van der Waals surface area contributed by atoms with Gasteiger partial charge in [-0.05, 0) is 49.4 Å². The lowest BCUT2D eigenvalue weighted by atomic mass is 9.99. The molecule has 0 bridgehead atoms. The molecule has 1 aromatic heterocycles. The molecule has 0 saturated carbocycles. The second kappa shape index (κ2) is 10.9. The Hall–Kier alpha value is -3.78. The van der Waals surface area contributed by atoms with Gasteiger partial charge in [0.25, 0.3) is 5.69 Å². The smallest absolute Gasteiger partial charge is 0.293 e. The molecule has 1 fully saturated rings. The van der Waals surface area contributed by atoms with Crippen LogP contribution in [-0.2, 0) is 6.54 Å². The van der Waals surface area contributed by atoms with Crippen molar-refractivity contribution >= 4 is 23.0 Å². The van der Waals surface area contributed by atoms with E-state index in [-0.39, 0.29) is 23.6 Å². The number of nitrogens with zero attached hydrogens (tertiary/aromatic N) is 3. The highest BCUT2D eigenvalue weighted by Gasteiger charge is 2.23. The number of piperidine rings is 1. The first-order valence-electron chi connectivity index (χ1n) is 11.5. The Morgan fingerprint density at radius 1 is 1.12 bits per heavy atom. The van der Waals surface area contributed by atoms with Crippen LogP contribution in [0, 0.1) is 10.1 Å². The molecule has 1 aliphatic rings. The number of nitro benzene ring substituents is 1. The minimum absolute atomic E-state index is 0.147. The van der Waals surface area contributed by atoms with Gasteiger partial charge < -0.3 is 15.3 Å². The zero-order chi connectivity index (χ0) is 23.9. The Bertz CT molecular complexity index is 1130. The van der Waals surface area contributed by atoms with Crippen molar-refractivity contribution in [3.63, 3.8) is 0 Å². The van der Waals surface area contributed by atoms with E-state index >= 15 is 0 Å². The summed E-state index contributed by atoms with van der Waals surface area (Å²) in [5, 5.41) is 24.1. The van der Waals surface area contributed by atoms with Gasteiger partial charge in [0, 0.05) is 49.1 Å². The second-order valence-electron chi connectivity index (χ2n) is 8.42. The molecule has 2 heterocycles. The first-order valence-corrected chi connectivity index (χ1v) is 11.5. The van der Waals surface area contributed by atoms with Gasteiger partial charge in [-0.15, -0.1) is 0 Å². The van der Waals surface area contributed by atoms with Gasteiger partial charge in [-0.1, -0.05) is 36.4 Å². The van der Waals surface area contributed by atoms with Crippen molar-refractivity contribution in [1.29, 1.82) is 0 Å². The van der Waals surface area contributed by atoms with Gasteiger partial charge in [-0.25, -0.2) is 4.98 Å². The molecule has 0 radical (unpaired) electrons. The van der Waals surface area contributed by atoms with Crippen molar-refractivity contribution < 1.29 is 14.8 Å². The fraction of sp³-hybridized carbons (Fsp3) is 0.308. The van der Waals surface area contributed by atoms with E-state index in [0.29, 0.717) is 23.8 Å². The van der Waals surface area contributed by atoms with Gasteiger partial charge >= 0.3 is 0 Å². The fourth-order valence-electron chi connectivity index (χ4n) is 4.37.